The van der Waals surface area contributed by atoms with Crippen molar-refractivity contribution in [3.05, 3.63) is 84.4 Å². The van der Waals surface area contributed by atoms with Crippen molar-refractivity contribution in [1.29, 1.82) is 0 Å². The van der Waals surface area contributed by atoms with Gasteiger partial charge in [-0.05, 0) is 61.7 Å². The fourth-order valence-corrected chi connectivity index (χ4v) is 3.57. The first-order valence-corrected chi connectivity index (χ1v) is 11.1. The summed E-state index contributed by atoms with van der Waals surface area (Å²) in [5.74, 6) is 0.615. The fraction of sp³-hybridized carbons (Fsp3) is 0.308. The molecule has 1 N–H and O–H groups in total. The number of nitrogens with zero attached hydrogens (tertiary/aromatic N) is 1. The van der Waals surface area contributed by atoms with Crippen molar-refractivity contribution in [1.82, 2.24) is 0 Å². The lowest BCUT2D eigenvalue weighted by Crippen LogP contribution is -2.45. The van der Waals surface area contributed by atoms with Crippen molar-refractivity contribution in [2.24, 2.45) is 0 Å². The lowest BCUT2D eigenvalue weighted by molar-refractivity contribution is -0.274. The first-order valence-electron chi connectivity index (χ1n) is 11.1. The molecular weight excluding hydrogens is 488 g/mol. The van der Waals surface area contributed by atoms with E-state index in [1.807, 2.05) is 6.07 Å². The first-order chi connectivity index (χ1) is 16.9. The summed E-state index contributed by atoms with van der Waals surface area (Å²) in [7, 11) is 0. The lowest BCUT2D eigenvalue weighted by Gasteiger charge is -2.34. The van der Waals surface area contributed by atoms with E-state index in [0.29, 0.717) is 35.6 Å². The van der Waals surface area contributed by atoms with E-state index < -0.39 is 31.2 Å². The third kappa shape index (κ3) is 8.37. The van der Waals surface area contributed by atoms with E-state index >= 15 is 0 Å². The van der Waals surface area contributed by atoms with Crippen molar-refractivity contribution in [2.45, 2.75) is 44.4 Å². The number of aliphatic hydroxyl groups excluding tert-OH is 1. The van der Waals surface area contributed by atoms with Crippen molar-refractivity contribution in [2.75, 3.05) is 11.4 Å². The molecule has 0 saturated carbocycles. The maximum atomic E-state index is 13.2. The molecule has 0 spiro atoms. The number of alkyl halides is 6. The summed E-state index contributed by atoms with van der Waals surface area (Å²) in [5, 5.41) is 9.78. The number of aliphatic hydroxyl groups is 1. The average molecular weight is 513 g/mol. The molecule has 2 unspecified atom stereocenters. The summed E-state index contributed by atoms with van der Waals surface area (Å²) in [6.07, 6.45) is -11.4. The van der Waals surface area contributed by atoms with Crippen molar-refractivity contribution in [3.8, 4) is 17.2 Å². The number of para-hydroxylation sites is 1. The van der Waals surface area contributed by atoms with Gasteiger partial charge < -0.3 is 19.5 Å². The highest BCUT2D eigenvalue weighted by Crippen LogP contribution is 2.30. The van der Waals surface area contributed by atoms with Crippen LogP contribution in [0, 0.1) is 0 Å². The Balaban J connectivity index is 1.75. The first kappa shape index (κ1) is 27.2. The summed E-state index contributed by atoms with van der Waals surface area (Å²) < 4.78 is 86.2. The highest BCUT2D eigenvalue weighted by molar-refractivity contribution is 5.52. The van der Waals surface area contributed by atoms with Crippen LogP contribution in [0.25, 0.3) is 0 Å². The second kappa shape index (κ2) is 11.6. The van der Waals surface area contributed by atoms with Crippen LogP contribution < -0.4 is 14.4 Å². The van der Waals surface area contributed by atoms with Gasteiger partial charge in [0.25, 0.3) is 0 Å². The summed E-state index contributed by atoms with van der Waals surface area (Å²) in [5.41, 5.74) is 1.11. The zero-order valence-electron chi connectivity index (χ0n) is 19.3. The summed E-state index contributed by atoms with van der Waals surface area (Å²) in [4.78, 5) is 1.44. The summed E-state index contributed by atoms with van der Waals surface area (Å²) >= 11 is 0. The molecule has 0 aliphatic carbocycles. The van der Waals surface area contributed by atoms with Crippen LogP contribution in [0.3, 0.4) is 0 Å². The normalized spacial score (nSPS) is 13.7. The third-order valence-electron chi connectivity index (χ3n) is 5.42. The van der Waals surface area contributed by atoms with Gasteiger partial charge in [0, 0.05) is 17.8 Å². The highest BCUT2D eigenvalue weighted by atomic mass is 19.4. The molecule has 0 aromatic heterocycles. The minimum atomic E-state index is -4.80. The van der Waals surface area contributed by atoms with Crippen molar-refractivity contribution >= 4 is 5.69 Å². The summed E-state index contributed by atoms with van der Waals surface area (Å²) in [6, 6.07) is 20.3. The molecule has 10 heteroatoms. The van der Waals surface area contributed by atoms with Crippen LogP contribution in [0.4, 0.5) is 32.0 Å². The SMILES string of the molecule is CC(CCc1ccc(OC(F)(F)F)cc1)N(CC(O)C(F)(F)F)c1cccc(Oc2ccccc2)c1. The van der Waals surface area contributed by atoms with Crippen LogP contribution in [0.15, 0.2) is 78.9 Å². The van der Waals surface area contributed by atoms with Crippen LogP contribution in [0.1, 0.15) is 18.9 Å². The van der Waals surface area contributed by atoms with Crippen molar-refractivity contribution < 1.29 is 40.9 Å². The van der Waals surface area contributed by atoms with Gasteiger partial charge >= 0.3 is 12.5 Å². The second-order valence-electron chi connectivity index (χ2n) is 8.20. The molecule has 0 aliphatic heterocycles. The van der Waals surface area contributed by atoms with E-state index in [-0.39, 0.29) is 5.75 Å². The van der Waals surface area contributed by atoms with Crippen LogP contribution in [0.2, 0.25) is 0 Å². The summed E-state index contributed by atoms with van der Waals surface area (Å²) in [6.45, 7) is 1.02. The minimum Gasteiger partial charge on any atom is -0.457 e. The Bertz CT molecular complexity index is 1090. The Morgan fingerprint density at radius 2 is 1.44 bits per heavy atom. The number of hydrogen-bond acceptors (Lipinski definition) is 4. The Kier molecular flexibility index (Phi) is 8.73. The Labute approximate surface area is 204 Å². The van der Waals surface area contributed by atoms with Gasteiger partial charge in [-0.3, -0.25) is 0 Å². The van der Waals surface area contributed by atoms with E-state index in [1.165, 1.54) is 29.2 Å². The van der Waals surface area contributed by atoms with E-state index in [9.17, 15) is 31.4 Å². The molecule has 3 aromatic carbocycles. The Hall–Kier alpha value is -3.40. The predicted octanol–water partition coefficient (Wildman–Crippen LogP) is 7.13. The van der Waals surface area contributed by atoms with Crippen LogP contribution >= 0.6 is 0 Å². The number of hydrogen-bond donors (Lipinski definition) is 1. The number of aryl methyl sites for hydroxylation is 1. The van der Waals surface area contributed by atoms with E-state index in [4.69, 9.17) is 4.74 Å². The number of halogens is 6. The number of benzene rings is 3. The molecule has 3 aromatic rings. The largest absolute Gasteiger partial charge is 0.573 e. The van der Waals surface area contributed by atoms with Gasteiger partial charge in [0.05, 0.1) is 6.54 Å². The molecule has 0 amide bonds. The lowest BCUT2D eigenvalue weighted by atomic mass is 10.0. The van der Waals surface area contributed by atoms with Crippen LogP contribution in [-0.2, 0) is 6.42 Å². The monoisotopic (exact) mass is 513 g/mol. The number of anilines is 1. The Morgan fingerprint density at radius 3 is 2.06 bits per heavy atom. The third-order valence-corrected chi connectivity index (χ3v) is 5.42. The molecule has 0 fully saturated rings. The highest BCUT2D eigenvalue weighted by Gasteiger charge is 2.40. The number of ether oxygens (including phenoxy) is 2. The molecule has 0 aliphatic rings. The van der Waals surface area contributed by atoms with E-state index in [0.717, 1.165) is 0 Å². The molecule has 0 radical (unpaired) electrons. The number of rotatable bonds is 10. The molecular formula is C26H25F6NO3. The minimum absolute atomic E-state index is 0.357. The van der Waals surface area contributed by atoms with Gasteiger partial charge in [0.15, 0.2) is 6.10 Å². The zero-order chi connectivity index (χ0) is 26.3. The van der Waals surface area contributed by atoms with Crippen LogP contribution in [-0.4, -0.2) is 36.3 Å². The standard InChI is InChI=1S/C26H25F6NO3/c1-18(10-11-19-12-14-22(15-13-19)36-26(30,31)32)33(17-24(34)25(27,28)29)20-6-5-9-23(16-20)35-21-7-3-2-4-8-21/h2-9,12-16,18,24,34H,10-11,17H2,1H3. The fourth-order valence-electron chi connectivity index (χ4n) is 3.57. The van der Waals surface area contributed by atoms with Gasteiger partial charge in [-0.15, -0.1) is 13.2 Å². The van der Waals surface area contributed by atoms with E-state index in [1.54, 1.807) is 55.5 Å². The van der Waals surface area contributed by atoms with Gasteiger partial charge in [0.1, 0.15) is 17.2 Å². The zero-order valence-corrected chi connectivity index (χ0v) is 19.3. The maximum absolute atomic E-state index is 13.2. The molecule has 36 heavy (non-hydrogen) atoms. The van der Waals surface area contributed by atoms with Gasteiger partial charge in [0.2, 0.25) is 0 Å². The second-order valence-corrected chi connectivity index (χ2v) is 8.20. The molecule has 2 atom stereocenters. The van der Waals surface area contributed by atoms with Crippen LogP contribution in [0.5, 0.6) is 17.2 Å². The van der Waals surface area contributed by atoms with Crippen molar-refractivity contribution in [3.63, 3.8) is 0 Å². The van der Waals surface area contributed by atoms with E-state index in [2.05, 4.69) is 4.74 Å². The van der Waals surface area contributed by atoms with Gasteiger partial charge in [-0.1, -0.05) is 36.4 Å². The maximum Gasteiger partial charge on any atom is 0.573 e. The Morgan fingerprint density at radius 1 is 0.806 bits per heavy atom. The molecule has 194 valence electrons. The molecule has 4 nitrogen and oxygen atoms in total. The molecule has 0 heterocycles. The predicted molar refractivity (Wildman–Crippen MR) is 123 cm³/mol. The quantitative estimate of drug-likeness (QED) is 0.293. The smallest absolute Gasteiger partial charge is 0.457 e. The molecule has 3 rings (SSSR count). The average Bonchev–Trinajstić information content (AvgIpc) is 2.81. The molecule has 0 bridgehead atoms. The van der Waals surface area contributed by atoms with Gasteiger partial charge in [-0.2, -0.15) is 13.2 Å². The van der Waals surface area contributed by atoms with Gasteiger partial charge in [-0.25, -0.2) is 0 Å². The molecule has 0 saturated heterocycles. The topological polar surface area (TPSA) is 41.9 Å².